The zero-order valence-corrected chi connectivity index (χ0v) is 19.9. The number of hydrogen-bond donors (Lipinski definition) is 2. The Hall–Kier alpha value is -3.91. The Kier molecular flexibility index (Phi) is 6.79. The molecule has 0 saturated carbocycles. The van der Waals surface area contributed by atoms with Crippen molar-refractivity contribution in [2.75, 3.05) is 10.6 Å². The van der Waals surface area contributed by atoms with Crippen molar-refractivity contribution >= 4 is 34.8 Å². The van der Waals surface area contributed by atoms with E-state index in [9.17, 15) is 9.59 Å². The second-order valence-electron chi connectivity index (χ2n) is 7.86. The Morgan fingerprint density at radius 3 is 2.26 bits per heavy atom. The normalized spacial score (nSPS) is 10.8. The molecule has 2 amide bonds. The van der Waals surface area contributed by atoms with E-state index in [0.29, 0.717) is 35.1 Å². The van der Waals surface area contributed by atoms with E-state index in [1.807, 2.05) is 55.8 Å². The lowest BCUT2D eigenvalue weighted by Crippen LogP contribution is -2.18. The molecule has 34 heavy (non-hydrogen) atoms. The number of nitrogens with zero attached hydrogens (tertiary/aromatic N) is 4. The van der Waals surface area contributed by atoms with Gasteiger partial charge in [0, 0.05) is 24.0 Å². The number of para-hydroxylation sites is 1. The summed E-state index contributed by atoms with van der Waals surface area (Å²) in [6.07, 6.45) is 1.65. The van der Waals surface area contributed by atoms with Crippen LogP contribution in [0.4, 0.5) is 11.4 Å². The van der Waals surface area contributed by atoms with E-state index < -0.39 is 5.91 Å². The summed E-state index contributed by atoms with van der Waals surface area (Å²) in [6, 6.07) is 16.3. The molecule has 2 aromatic heterocycles. The van der Waals surface area contributed by atoms with Crippen LogP contribution in [0.5, 0.6) is 0 Å². The van der Waals surface area contributed by atoms with Gasteiger partial charge in [-0.25, -0.2) is 0 Å². The molecule has 0 saturated heterocycles. The molecule has 174 valence electrons. The molecule has 4 aromatic rings. The molecule has 4 rings (SSSR count). The first kappa shape index (κ1) is 23.3. The van der Waals surface area contributed by atoms with Crippen LogP contribution in [0.3, 0.4) is 0 Å². The number of carbonyl (C=O) groups is 2. The van der Waals surface area contributed by atoms with Crippen molar-refractivity contribution in [3.8, 4) is 0 Å². The Labute approximate surface area is 202 Å². The minimum Gasteiger partial charge on any atom is -0.321 e. The summed E-state index contributed by atoms with van der Waals surface area (Å²) < 4.78 is 3.45. The smallest absolute Gasteiger partial charge is 0.278 e. The van der Waals surface area contributed by atoms with Crippen LogP contribution < -0.4 is 10.6 Å². The summed E-state index contributed by atoms with van der Waals surface area (Å²) in [7, 11) is 0. The number of amides is 2. The highest BCUT2D eigenvalue weighted by atomic mass is 35.5. The second kappa shape index (κ2) is 9.93. The van der Waals surface area contributed by atoms with Crippen molar-refractivity contribution in [2.45, 2.75) is 33.9 Å². The molecule has 0 aliphatic carbocycles. The molecule has 9 heteroatoms. The highest BCUT2D eigenvalue weighted by Gasteiger charge is 2.19. The number of aryl methyl sites for hydroxylation is 2. The standard InChI is InChI=1S/C25H25ClN6O2/c1-4-31-15-21(23(30-31)25(34)27-20-8-6-5-7-9-20)28-24(33)19-12-10-18(11-13-19)14-32-17(3)22(26)16(2)29-32/h5-13,15H,4,14H2,1-3H3,(H,27,34)(H,28,33). The summed E-state index contributed by atoms with van der Waals surface area (Å²) in [4.78, 5) is 25.7. The molecule has 0 aliphatic rings. The number of benzene rings is 2. The van der Waals surface area contributed by atoms with E-state index in [2.05, 4.69) is 20.8 Å². The first-order chi connectivity index (χ1) is 16.4. The van der Waals surface area contributed by atoms with Crippen molar-refractivity contribution in [1.82, 2.24) is 19.6 Å². The third-order valence-corrected chi connectivity index (χ3v) is 5.97. The molecule has 2 heterocycles. The highest BCUT2D eigenvalue weighted by molar-refractivity contribution is 6.31. The average molecular weight is 477 g/mol. The highest BCUT2D eigenvalue weighted by Crippen LogP contribution is 2.21. The van der Waals surface area contributed by atoms with Gasteiger partial charge in [-0.2, -0.15) is 10.2 Å². The van der Waals surface area contributed by atoms with Crippen LogP contribution >= 0.6 is 11.6 Å². The predicted molar refractivity (Wildman–Crippen MR) is 133 cm³/mol. The van der Waals surface area contributed by atoms with Gasteiger partial charge in [0.1, 0.15) is 0 Å². The van der Waals surface area contributed by atoms with E-state index in [-0.39, 0.29) is 11.6 Å². The average Bonchev–Trinajstić information content (AvgIpc) is 3.36. The maximum atomic E-state index is 12.9. The number of carbonyl (C=O) groups excluding carboxylic acids is 2. The lowest BCUT2D eigenvalue weighted by atomic mass is 10.1. The molecule has 0 aliphatic heterocycles. The van der Waals surface area contributed by atoms with Gasteiger partial charge in [0.25, 0.3) is 11.8 Å². The molecule has 0 radical (unpaired) electrons. The van der Waals surface area contributed by atoms with Crippen LogP contribution in [0.2, 0.25) is 5.02 Å². The third-order valence-electron chi connectivity index (χ3n) is 5.42. The molecule has 8 nitrogen and oxygen atoms in total. The van der Waals surface area contributed by atoms with Gasteiger partial charge in [0.15, 0.2) is 5.69 Å². The summed E-state index contributed by atoms with van der Waals surface area (Å²) in [5.74, 6) is -0.724. The van der Waals surface area contributed by atoms with Gasteiger partial charge in [0.05, 0.1) is 28.6 Å². The third kappa shape index (κ3) is 5.02. The summed E-state index contributed by atoms with van der Waals surface area (Å²) in [5.41, 5.74) is 4.29. The van der Waals surface area contributed by atoms with Crippen LogP contribution in [0.15, 0.2) is 60.8 Å². The van der Waals surface area contributed by atoms with Crippen LogP contribution in [0.25, 0.3) is 0 Å². The second-order valence-corrected chi connectivity index (χ2v) is 8.24. The lowest BCUT2D eigenvalue weighted by Gasteiger charge is -2.08. The van der Waals surface area contributed by atoms with E-state index in [1.54, 1.807) is 35.1 Å². The molecule has 0 fully saturated rings. The van der Waals surface area contributed by atoms with Crippen molar-refractivity contribution < 1.29 is 9.59 Å². The first-order valence-corrected chi connectivity index (χ1v) is 11.3. The van der Waals surface area contributed by atoms with E-state index in [1.165, 1.54) is 0 Å². The summed E-state index contributed by atoms with van der Waals surface area (Å²) in [6.45, 7) is 6.81. The Balaban J connectivity index is 1.48. The van der Waals surface area contributed by atoms with Crippen LogP contribution in [-0.2, 0) is 13.1 Å². The fourth-order valence-electron chi connectivity index (χ4n) is 3.51. The predicted octanol–water partition coefficient (Wildman–Crippen LogP) is 4.92. The Bertz CT molecular complexity index is 1330. The maximum Gasteiger partial charge on any atom is 0.278 e. The molecular formula is C25H25ClN6O2. The molecule has 0 atom stereocenters. The van der Waals surface area contributed by atoms with Gasteiger partial charge in [-0.1, -0.05) is 41.9 Å². The van der Waals surface area contributed by atoms with Gasteiger partial charge in [0.2, 0.25) is 0 Å². The number of nitrogens with one attached hydrogen (secondary N) is 2. The Morgan fingerprint density at radius 1 is 0.941 bits per heavy atom. The van der Waals surface area contributed by atoms with E-state index in [0.717, 1.165) is 17.0 Å². The molecule has 2 N–H and O–H groups in total. The molecule has 0 spiro atoms. The van der Waals surface area contributed by atoms with Gasteiger partial charge < -0.3 is 10.6 Å². The largest absolute Gasteiger partial charge is 0.321 e. The molecule has 2 aromatic carbocycles. The van der Waals surface area contributed by atoms with Gasteiger partial charge in [-0.3, -0.25) is 19.0 Å². The van der Waals surface area contributed by atoms with Gasteiger partial charge >= 0.3 is 0 Å². The molecular weight excluding hydrogens is 452 g/mol. The number of aromatic nitrogens is 4. The minimum absolute atomic E-state index is 0.150. The summed E-state index contributed by atoms with van der Waals surface area (Å²) >= 11 is 6.23. The molecule has 0 unspecified atom stereocenters. The fourth-order valence-corrected chi connectivity index (χ4v) is 3.65. The first-order valence-electron chi connectivity index (χ1n) is 10.9. The fraction of sp³-hybridized carbons (Fsp3) is 0.200. The van der Waals surface area contributed by atoms with Crippen molar-refractivity contribution in [3.63, 3.8) is 0 Å². The minimum atomic E-state index is -0.396. The zero-order chi connectivity index (χ0) is 24.2. The van der Waals surface area contributed by atoms with E-state index >= 15 is 0 Å². The number of anilines is 2. The Morgan fingerprint density at radius 2 is 1.65 bits per heavy atom. The van der Waals surface area contributed by atoms with Gasteiger partial charge in [-0.05, 0) is 50.6 Å². The monoisotopic (exact) mass is 476 g/mol. The van der Waals surface area contributed by atoms with Crippen LogP contribution in [0.1, 0.15) is 44.7 Å². The number of rotatable bonds is 7. The van der Waals surface area contributed by atoms with E-state index in [4.69, 9.17) is 11.6 Å². The quantitative estimate of drug-likeness (QED) is 0.395. The lowest BCUT2D eigenvalue weighted by molar-refractivity contribution is 0.102. The summed E-state index contributed by atoms with van der Waals surface area (Å²) in [5, 5.41) is 15.1. The number of halogens is 1. The van der Waals surface area contributed by atoms with Crippen LogP contribution in [0, 0.1) is 13.8 Å². The number of hydrogen-bond acceptors (Lipinski definition) is 4. The SMILES string of the molecule is CCn1cc(NC(=O)c2ccc(Cn3nc(C)c(Cl)c3C)cc2)c(C(=O)Nc2ccccc2)n1. The van der Waals surface area contributed by atoms with Crippen LogP contribution in [-0.4, -0.2) is 31.4 Å². The van der Waals surface area contributed by atoms with Crippen molar-refractivity contribution in [1.29, 1.82) is 0 Å². The molecule has 0 bridgehead atoms. The zero-order valence-electron chi connectivity index (χ0n) is 19.2. The van der Waals surface area contributed by atoms with Crippen molar-refractivity contribution in [2.24, 2.45) is 0 Å². The van der Waals surface area contributed by atoms with Crippen molar-refractivity contribution in [3.05, 3.63) is 94.0 Å². The maximum absolute atomic E-state index is 12.9. The topological polar surface area (TPSA) is 93.8 Å². The van der Waals surface area contributed by atoms with Gasteiger partial charge in [-0.15, -0.1) is 0 Å².